The number of carboxylic acids is 2. The Hall–Kier alpha value is -1.39. The quantitative estimate of drug-likeness (QED) is 0.707. The van der Waals surface area contributed by atoms with Crippen molar-refractivity contribution < 1.29 is 24.6 Å². The summed E-state index contributed by atoms with van der Waals surface area (Å²) in [7, 11) is 0. The lowest BCUT2D eigenvalue weighted by Crippen LogP contribution is -2.45. The molecule has 0 bridgehead atoms. The number of rotatable bonds is 3. The molecular weight excluding hydrogens is 212 g/mol. The van der Waals surface area contributed by atoms with Gasteiger partial charge in [-0.2, -0.15) is 0 Å². The van der Waals surface area contributed by atoms with Gasteiger partial charge in [-0.3, -0.25) is 9.59 Å². The number of hydrogen-bond donors (Lipinski definition) is 2. The van der Waals surface area contributed by atoms with Gasteiger partial charge in [0, 0.05) is 5.41 Å². The number of hydrogen-bond acceptors (Lipinski definition) is 3. The molecule has 90 valence electrons. The van der Waals surface area contributed by atoms with Crippen LogP contribution in [-0.4, -0.2) is 27.9 Å². The molecule has 1 saturated carbocycles. The van der Waals surface area contributed by atoms with E-state index in [1.54, 1.807) is 20.8 Å². The predicted octanol–water partition coefficient (Wildman–Crippen LogP) is 1.17. The number of aliphatic carboxylic acids is 2. The number of Topliss-reactive ketones (excluding diaryl/α,β-unsaturated/α-hetero) is 1. The van der Waals surface area contributed by atoms with Crippen LogP contribution in [-0.2, 0) is 14.4 Å². The minimum absolute atomic E-state index is 0.308. The van der Waals surface area contributed by atoms with Crippen molar-refractivity contribution in [1.29, 1.82) is 0 Å². The average Bonchev–Trinajstić information content (AvgIpc) is 2.37. The maximum Gasteiger partial charge on any atom is 0.372 e. The van der Waals surface area contributed by atoms with Crippen LogP contribution in [0.2, 0.25) is 0 Å². The minimum Gasteiger partial charge on any atom is -0.481 e. The van der Waals surface area contributed by atoms with Crippen LogP contribution in [0.1, 0.15) is 33.6 Å². The van der Waals surface area contributed by atoms with Crippen LogP contribution < -0.4 is 0 Å². The zero-order valence-electron chi connectivity index (χ0n) is 9.61. The Morgan fingerprint density at radius 3 is 1.94 bits per heavy atom. The van der Waals surface area contributed by atoms with Gasteiger partial charge >= 0.3 is 11.9 Å². The summed E-state index contributed by atoms with van der Waals surface area (Å²) in [6, 6.07) is 0. The van der Waals surface area contributed by atoms with Crippen LogP contribution in [0.5, 0.6) is 0 Å². The van der Waals surface area contributed by atoms with Crippen LogP contribution in [0.15, 0.2) is 0 Å². The summed E-state index contributed by atoms with van der Waals surface area (Å²) >= 11 is 0. The van der Waals surface area contributed by atoms with Gasteiger partial charge in [-0.25, -0.2) is 4.79 Å². The van der Waals surface area contributed by atoms with Crippen molar-refractivity contribution in [2.24, 2.45) is 16.7 Å². The number of carboxylic acid groups (broad SMARTS) is 2. The van der Waals surface area contributed by atoms with Crippen molar-refractivity contribution in [1.82, 2.24) is 0 Å². The fourth-order valence-corrected chi connectivity index (χ4v) is 2.57. The molecule has 1 rings (SSSR count). The summed E-state index contributed by atoms with van der Waals surface area (Å²) in [6.45, 7) is 4.85. The first-order valence-corrected chi connectivity index (χ1v) is 5.15. The van der Waals surface area contributed by atoms with E-state index in [0.717, 1.165) is 0 Å². The molecule has 5 nitrogen and oxygen atoms in total. The average molecular weight is 228 g/mol. The van der Waals surface area contributed by atoms with Crippen molar-refractivity contribution in [2.45, 2.75) is 33.6 Å². The van der Waals surface area contributed by atoms with Crippen molar-refractivity contribution in [3.05, 3.63) is 0 Å². The predicted molar refractivity (Wildman–Crippen MR) is 54.9 cm³/mol. The van der Waals surface area contributed by atoms with Gasteiger partial charge in [0.25, 0.3) is 0 Å². The van der Waals surface area contributed by atoms with Gasteiger partial charge in [-0.1, -0.05) is 20.8 Å². The smallest absolute Gasteiger partial charge is 0.372 e. The lowest BCUT2D eigenvalue weighted by Gasteiger charge is -2.37. The fraction of sp³-hybridized carbons (Fsp3) is 0.727. The minimum atomic E-state index is -1.48. The molecular formula is C11H16O5. The van der Waals surface area contributed by atoms with Crippen LogP contribution in [0.25, 0.3) is 0 Å². The second kappa shape index (κ2) is 3.57. The third-order valence-electron chi connectivity index (χ3n) is 4.22. The van der Waals surface area contributed by atoms with Gasteiger partial charge in [-0.05, 0) is 18.3 Å². The molecule has 1 aliphatic rings. The molecule has 2 atom stereocenters. The van der Waals surface area contributed by atoms with Crippen molar-refractivity contribution in [3.8, 4) is 0 Å². The molecule has 1 aliphatic carbocycles. The lowest BCUT2D eigenvalue weighted by molar-refractivity contribution is -0.159. The Kier molecular flexibility index (Phi) is 2.83. The van der Waals surface area contributed by atoms with E-state index >= 15 is 0 Å². The highest BCUT2D eigenvalue weighted by atomic mass is 16.4. The number of carbonyl (C=O) groups is 3. The first-order chi connectivity index (χ1) is 7.14. The second-order valence-electron chi connectivity index (χ2n) is 5.12. The highest BCUT2D eigenvalue weighted by Crippen LogP contribution is 2.56. The monoisotopic (exact) mass is 228 g/mol. The third kappa shape index (κ3) is 1.50. The second-order valence-corrected chi connectivity index (χ2v) is 5.12. The van der Waals surface area contributed by atoms with Crippen LogP contribution in [0, 0.1) is 16.7 Å². The normalized spacial score (nSPS) is 32.3. The van der Waals surface area contributed by atoms with Gasteiger partial charge < -0.3 is 10.2 Å². The maximum atomic E-state index is 11.7. The van der Waals surface area contributed by atoms with Gasteiger partial charge in [0.15, 0.2) is 0 Å². The molecule has 0 heterocycles. The summed E-state index contributed by atoms with van der Waals surface area (Å²) in [4.78, 5) is 33.5. The third-order valence-corrected chi connectivity index (χ3v) is 4.22. The largest absolute Gasteiger partial charge is 0.481 e. The summed E-state index contributed by atoms with van der Waals surface area (Å²) in [5.41, 5.74) is -1.93. The number of ketones is 1. The summed E-state index contributed by atoms with van der Waals surface area (Å²) in [5, 5.41) is 17.8. The molecule has 0 amide bonds. The highest BCUT2D eigenvalue weighted by molar-refractivity contribution is 6.35. The van der Waals surface area contributed by atoms with E-state index < -0.39 is 34.5 Å². The van der Waals surface area contributed by atoms with E-state index in [4.69, 9.17) is 10.2 Å². The first kappa shape index (κ1) is 12.7. The maximum absolute atomic E-state index is 11.7. The van der Waals surface area contributed by atoms with Crippen LogP contribution in [0.4, 0.5) is 0 Å². The Labute approximate surface area is 93.5 Å². The van der Waals surface area contributed by atoms with Crippen molar-refractivity contribution >= 4 is 17.7 Å². The zero-order valence-corrected chi connectivity index (χ0v) is 9.61. The van der Waals surface area contributed by atoms with E-state index in [1.165, 1.54) is 0 Å². The highest BCUT2D eigenvalue weighted by Gasteiger charge is 2.59. The molecule has 0 radical (unpaired) electrons. The van der Waals surface area contributed by atoms with Crippen LogP contribution in [0.3, 0.4) is 0 Å². The molecule has 0 saturated heterocycles. The molecule has 16 heavy (non-hydrogen) atoms. The molecule has 0 unspecified atom stereocenters. The molecule has 2 N–H and O–H groups in total. The van der Waals surface area contributed by atoms with E-state index in [9.17, 15) is 14.4 Å². The molecule has 0 aromatic heterocycles. The van der Waals surface area contributed by atoms with Gasteiger partial charge in [0.05, 0.1) is 5.92 Å². The van der Waals surface area contributed by atoms with Gasteiger partial charge in [0.2, 0.25) is 5.78 Å². The van der Waals surface area contributed by atoms with Gasteiger partial charge in [-0.15, -0.1) is 0 Å². The van der Waals surface area contributed by atoms with E-state index in [2.05, 4.69) is 0 Å². The Morgan fingerprint density at radius 1 is 1.12 bits per heavy atom. The standard InChI is InChI=1S/C11H16O5/c1-10(2)6(8(13)14)4-5-11(10,3)7(12)9(15)16/h6H,4-5H2,1-3H3,(H,13,14)(H,15,16)/t6-,11-/m0/s1. The SMILES string of the molecule is CC1(C)[C@H](C(=O)O)CC[C@@]1(C)C(=O)C(=O)O. The van der Waals surface area contributed by atoms with E-state index in [0.29, 0.717) is 12.8 Å². The lowest BCUT2D eigenvalue weighted by atomic mass is 9.63. The fourth-order valence-electron chi connectivity index (χ4n) is 2.57. The molecule has 5 heteroatoms. The van der Waals surface area contributed by atoms with E-state index in [-0.39, 0.29) is 0 Å². The Morgan fingerprint density at radius 2 is 1.62 bits per heavy atom. The van der Waals surface area contributed by atoms with E-state index in [1.807, 2.05) is 0 Å². The van der Waals surface area contributed by atoms with Crippen molar-refractivity contribution in [3.63, 3.8) is 0 Å². The molecule has 0 aromatic rings. The summed E-state index contributed by atoms with van der Waals surface area (Å²) in [5.74, 6) is -4.00. The number of carbonyl (C=O) groups excluding carboxylic acids is 1. The van der Waals surface area contributed by atoms with Crippen LogP contribution >= 0.6 is 0 Å². The summed E-state index contributed by atoms with van der Waals surface area (Å²) in [6.07, 6.45) is 0.653. The topological polar surface area (TPSA) is 91.7 Å². The Bertz CT molecular complexity index is 357. The first-order valence-electron chi connectivity index (χ1n) is 5.15. The molecule has 0 aliphatic heterocycles. The molecule has 1 fully saturated rings. The zero-order chi connectivity index (χ0) is 12.7. The molecule has 0 spiro atoms. The molecule has 0 aromatic carbocycles. The summed E-state index contributed by atoms with van der Waals surface area (Å²) < 4.78 is 0. The van der Waals surface area contributed by atoms with Gasteiger partial charge in [0.1, 0.15) is 0 Å². The Balaban J connectivity index is 3.14. The van der Waals surface area contributed by atoms with Crippen molar-refractivity contribution in [2.75, 3.05) is 0 Å².